The fourth-order valence-corrected chi connectivity index (χ4v) is 4.20. The molecule has 0 saturated carbocycles. The Kier molecular flexibility index (Phi) is 7.69. The van der Waals surface area contributed by atoms with Crippen molar-refractivity contribution in [2.24, 2.45) is 5.10 Å². The number of methoxy groups -OCH3 is 3. The van der Waals surface area contributed by atoms with Crippen LogP contribution in [0, 0.1) is 0 Å². The van der Waals surface area contributed by atoms with Gasteiger partial charge in [0.05, 0.1) is 32.0 Å². The fourth-order valence-electron chi connectivity index (χ4n) is 2.81. The Bertz CT molecular complexity index is 1110. The van der Waals surface area contributed by atoms with Crippen molar-refractivity contribution in [3.05, 3.63) is 51.0 Å². The van der Waals surface area contributed by atoms with E-state index in [1.807, 2.05) is 18.2 Å². The number of pyridine rings is 1. The number of hydrogen-bond donors (Lipinski definition) is 1. The first-order valence-electron chi connectivity index (χ1n) is 8.96. The van der Waals surface area contributed by atoms with Crippen LogP contribution in [-0.4, -0.2) is 45.0 Å². The van der Waals surface area contributed by atoms with Gasteiger partial charge < -0.3 is 18.9 Å². The zero-order chi connectivity index (χ0) is 22.4. The van der Waals surface area contributed by atoms with Crippen molar-refractivity contribution in [3.8, 4) is 23.0 Å². The summed E-state index contributed by atoms with van der Waals surface area (Å²) >= 11 is 6.95. The molecule has 0 aliphatic heterocycles. The number of nitrogens with zero attached hydrogens (tertiary/aromatic N) is 2. The number of carbonyl (C=O) groups is 1. The predicted octanol–water partition coefficient (Wildman–Crippen LogP) is 4.31. The molecule has 31 heavy (non-hydrogen) atoms. The van der Waals surface area contributed by atoms with Crippen molar-refractivity contribution in [2.45, 2.75) is 0 Å². The van der Waals surface area contributed by atoms with Crippen LogP contribution in [0.4, 0.5) is 0 Å². The Morgan fingerprint density at radius 1 is 1.06 bits per heavy atom. The van der Waals surface area contributed by atoms with Crippen molar-refractivity contribution in [1.82, 2.24) is 10.4 Å². The molecule has 1 heterocycles. The van der Waals surface area contributed by atoms with Crippen LogP contribution in [0.1, 0.15) is 5.56 Å². The molecule has 0 radical (unpaired) electrons. The average Bonchev–Trinajstić information content (AvgIpc) is 2.78. The first kappa shape index (κ1) is 22.8. The summed E-state index contributed by atoms with van der Waals surface area (Å²) in [6.45, 7) is -0.238. The maximum atomic E-state index is 12.2. The molecule has 0 unspecified atom stereocenters. The van der Waals surface area contributed by atoms with E-state index in [9.17, 15) is 4.79 Å². The molecule has 0 atom stereocenters. The number of hydrogen-bond acceptors (Lipinski definition) is 7. The second kappa shape index (κ2) is 10.5. The SMILES string of the molecule is COc1cc(C=NNC(=O)COc2c(Br)cc(Br)c3cccnc23)cc(OC)c1OC. The fraction of sp³-hybridized carbons (Fsp3) is 0.190. The van der Waals surface area contributed by atoms with Crippen LogP contribution < -0.4 is 24.4 Å². The van der Waals surface area contributed by atoms with E-state index in [1.165, 1.54) is 27.5 Å². The van der Waals surface area contributed by atoms with Crippen molar-refractivity contribution in [3.63, 3.8) is 0 Å². The second-order valence-corrected chi connectivity index (χ2v) is 7.82. The lowest BCUT2D eigenvalue weighted by molar-refractivity contribution is -0.123. The first-order chi connectivity index (χ1) is 15.0. The summed E-state index contributed by atoms with van der Waals surface area (Å²) in [7, 11) is 4.57. The minimum atomic E-state index is -0.428. The maximum absolute atomic E-state index is 12.2. The molecule has 0 spiro atoms. The number of amides is 1. The Morgan fingerprint density at radius 2 is 1.77 bits per heavy atom. The van der Waals surface area contributed by atoms with Crippen LogP contribution in [0.25, 0.3) is 10.9 Å². The molecule has 0 bridgehead atoms. The summed E-state index contributed by atoms with van der Waals surface area (Å²) in [5.41, 5.74) is 3.72. The maximum Gasteiger partial charge on any atom is 0.277 e. The Balaban J connectivity index is 1.68. The van der Waals surface area contributed by atoms with Gasteiger partial charge >= 0.3 is 0 Å². The summed E-state index contributed by atoms with van der Waals surface area (Å²) in [6, 6.07) is 9.01. The van der Waals surface area contributed by atoms with Gasteiger partial charge in [-0.3, -0.25) is 9.78 Å². The third kappa shape index (κ3) is 5.26. The van der Waals surface area contributed by atoms with E-state index in [1.54, 1.807) is 18.3 Å². The molecule has 2 aromatic carbocycles. The zero-order valence-electron chi connectivity index (χ0n) is 16.9. The molecule has 0 aliphatic carbocycles. The molecular weight excluding hydrogens is 534 g/mol. The van der Waals surface area contributed by atoms with E-state index in [4.69, 9.17) is 18.9 Å². The number of nitrogens with one attached hydrogen (secondary N) is 1. The quantitative estimate of drug-likeness (QED) is 0.331. The smallest absolute Gasteiger partial charge is 0.277 e. The Labute approximate surface area is 195 Å². The van der Waals surface area contributed by atoms with Crippen LogP contribution in [0.5, 0.6) is 23.0 Å². The predicted molar refractivity (Wildman–Crippen MR) is 124 cm³/mol. The van der Waals surface area contributed by atoms with Gasteiger partial charge in [-0.05, 0) is 40.2 Å². The van der Waals surface area contributed by atoms with Gasteiger partial charge in [-0.1, -0.05) is 22.0 Å². The van der Waals surface area contributed by atoms with Crippen LogP contribution in [-0.2, 0) is 4.79 Å². The van der Waals surface area contributed by atoms with Gasteiger partial charge in [-0.2, -0.15) is 5.10 Å². The average molecular weight is 553 g/mol. The normalized spacial score (nSPS) is 10.9. The van der Waals surface area contributed by atoms with Gasteiger partial charge in [0, 0.05) is 21.6 Å². The van der Waals surface area contributed by atoms with Crippen LogP contribution in [0.2, 0.25) is 0 Å². The molecular formula is C21H19Br2N3O5. The summed E-state index contributed by atoms with van der Waals surface area (Å²) in [4.78, 5) is 16.6. The molecule has 162 valence electrons. The summed E-state index contributed by atoms with van der Waals surface area (Å²) < 4.78 is 23.1. The topological polar surface area (TPSA) is 91.3 Å². The Hall–Kier alpha value is -2.85. The molecule has 3 aromatic rings. The second-order valence-electron chi connectivity index (χ2n) is 6.11. The minimum Gasteiger partial charge on any atom is -0.493 e. The van der Waals surface area contributed by atoms with Crippen molar-refractivity contribution in [2.75, 3.05) is 27.9 Å². The Morgan fingerprint density at radius 3 is 2.42 bits per heavy atom. The first-order valence-corrected chi connectivity index (χ1v) is 10.5. The van der Waals surface area contributed by atoms with Gasteiger partial charge in [-0.15, -0.1) is 0 Å². The van der Waals surface area contributed by atoms with Gasteiger partial charge in [0.15, 0.2) is 23.9 Å². The van der Waals surface area contributed by atoms with Crippen LogP contribution in [0.3, 0.4) is 0 Å². The van der Waals surface area contributed by atoms with Gasteiger partial charge in [0.1, 0.15) is 5.52 Å². The third-order valence-electron chi connectivity index (χ3n) is 4.19. The standard InChI is InChI=1S/C21H19Br2N3O5/c1-28-16-7-12(8-17(29-2)21(16)30-3)10-25-26-18(27)11-31-20-15(23)9-14(22)13-5-4-6-24-19(13)20/h4-10H,11H2,1-3H3,(H,26,27). The highest BCUT2D eigenvalue weighted by Crippen LogP contribution is 2.38. The number of carbonyl (C=O) groups excluding carboxylic acids is 1. The molecule has 1 N–H and O–H groups in total. The lowest BCUT2D eigenvalue weighted by Crippen LogP contribution is -2.24. The van der Waals surface area contributed by atoms with E-state index >= 15 is 0 Å². The van der Waals surface area contributed by atoms with Crippen LogP contribution in [0.15, 0.2) is 50.6 Å². The largest absolute Gasteiger partial charge is 0.493 e. The van der Waals surface area contributed by atoms with E-state index in [0.29, 0.717) is 38.6 Å². The highest BCUT2D eigenvalue weighted by atomic mass is 79.9. The molecule has 0 aliphatic rings. The van der Waals surface area contributed by atoms with Crippen molar-refractivity contribution < 1.29 is 23.7 Å². The number of benzene rings is 2. The van der Waals surface area contributed by atoms with E-state index < -0.39 is 5.91 Å². The lowest BCUT2D eigenvalue weighted by Gasteiger charge is -2.12. The monoisotopic (exact) mass is 551 g/mol. The van der Waals surface area contributed by atoms with Crippen molar-refractivity contribution in [1.29, 1.82) is 0 Å². The zero-order valence-corrected chi connectivity index (χ0v) is 20.1. The highest BCUT2D eigenvalue weighted by Gasteiger charge is 2.14. The number of fused-ring (bicyclic) bond motifs is 1. The highest BCUT2D eigenvalue weighted by molar-refractivity contribution is 9.11. The number of hydrazone groups is 1. The van der Waals surface area contributed by atoms with Gasteiger partial charge in [0.25, 0.3) is 5.91 Å². The third-order valence-corrected chi connectivity index (χ3v) is 5.43. The van der Waals surface area contributed by atoms with Crippen molar-refractivity contribution >= 4 is 54.9 Å². The summed E-state index contributed by atoms with van der Waals surface area (Å²) in [6.07, 6.45) is 3.13. The lowest BCUT2D eigenvalue weighted by atomic mass is 10.2. The molecule has 3 rings (SSSR count). The summed E-state index contributed by atoms with van der Waals surface area (Å²) in [5, 5.41) is 4.84. The van der Waals surface area contributed by atoms with Gasteiger partial charge in [-0.25, -0.2) is 5.43 Å². The van der Waals surface area contributed by atoms with E-state index in [2.05, 4.69) is 47.4 Å². The number of rotatable bonds is 8. The number of halogens is 2. The molecule has 0 fully saturated rings. The number of ether oxygens (including phenoxy) is 4. The van der Waals surface area contributed by atoms with E-state index in [-0.39, 0.29) is 6.61 Å². The molecule has 10 heteroatoms. The minimum absolute atomic E-state index is 0.238. The molecule has 0 saturated heterocycles. The summed E-state index contributed by atoms with van der Waals surface area (Å²) in [5.74, 6) is 1.49. The molecule has 8 nitrogen and oxygen atoms in total. The molecule has 1 aromatic heterocycles. The number of aromatic nitrogens is 1. The van der Waals surface area contributed by atoms with Gasteiger partial charge in [0.2, 0.25) is 5.75 Å². The van der Waals surface area contributed by atoms with E-state index in [0.717, 1.165) is 9.86 Å². The van der Waals surface area contributed by atoms with Crippen LogP contribution >= 0.6 is 31.9 Å². The molecule has 1 amide bonds.